The summed E-state index contributed by atoms with van der Waals surface area (Å²) in [6.07, 6.45) is 5.55. The average molecular weight is 355 g/mol. The highest BCUT2D eigenvalue weighted by molar-refractivity contribution is 7.22. The van der Waals surface area contributed by atoms with Gasteiger partial charge in [0.25, 0.3) is 5.69 Å². The van der Waals surface area contributed by atoms with Crippen molar-refractivity contribution in [3.05, 3.63) is 46.6 Å². The van der Waals surface area contributed by atoms with Gasteiger partial charge in [-0.3, -0.25) is 10.1 Å². The fraction of sp³-hybridized carbons (Fsp3) is 0.294. The van der Waals surface area contributed by atoms with E-state index in [2.05, 4.69) is 20.2 Å². The predicted molar refractivity (Wildman–Crippen MR) is 99.9 cm³/mol. The van der Waals surface area contributed by atoms with Crippen LogP contribution < -0.4 is 10.2 Å². The molecule has 1 aliphatic rings. The molecule has 2 aromatic heterocycles. The van der Waals surface area contributed by atoms with Gasteiger partial charge in [-0.25, -0.2) is 9.97 Å². The summed E-state index contributed by atoms with van der Waals surface area (Å²) in [4.78, 5) is 21.8. The van der Waals surface area contributed by atoms with Crippen LogP contribution in [0, 0.1) is 10.1 Å². The molecule has 4 rings (SSSR count). The summed E-state index contributed by atoms with van der Waals surface area (Å²) in [5.74, 6) is 1.00. The van der Waals surface area contributed by atoms with Crippen molar-refractivity contribution in [2.24, 2.45) is 0 Å². The third-order valence-corrected chi connectivity index (χ3v) is 5.20. The van der Waals surface area contributed by atoms with Crippen molar-refractivity contribution in [3.8, 4) is 0 Å². The number of nitro groups is 1. The second kappa shape index (κ2) is 6.64. The zero-order chi connectivity index (χ0) is 17.2. The van der Waals surface area contributed by atoms with Gasteiger partial charge in [0, 0.05) is 25.2 Å². The van der Waals surface area contributed by atoms with Gasteiger partial charge in [0.05, 0.1) is 27.0 Å². The van der Waals surface area contributed by atoms with E-state index in [0.717, 1.165) is 34.8 Å². The number of anilines is 3. The van der Waals surface area contributed by atoms with E-state index in [0.29, 0.717) is 5.13 Å². The van der Waals surface area contributed by atoms with Crippen molar-refractivity contribution < 1.29 is 4.92 Å². The van der Waals surface area contributed by atoms with E-state index in [9.17, 15) is 10.1 Å². The van der Waals surface area contributed by atoms with Crippen molar-refractivity contribution in [1.29, 1.82) is 0 Å². The number of nitro benzene ring substituents is 1. The molecule has 1 aliphatic heterocycles. The topological polar surface area (TPSA) is 84.2 Å². The molecule has 1 aromatic carbocycles. The lowest BCUT2D eigenvalue weighted by molar-refractivity contribution is -0.384. The van der Waals surface area contributed by atoms with Crippen LogP contribution in [0.2, 0.25) is 0 Å². The minimum absolute atomic E-state index is 0.0789. The molecule has 3 aromatic rings. The first-order chi connectivity index (χ1) is 12.2. The number of hydrogen-bond acceptors (Lipinski definition) is 7. The van der Waals surface area contributed by atoms with E-state index in [-0.39, 0.29) is 5.69 Å². The highest BCUT2D eigenvalue weighted by atomic mass is 32.1. The van der Waals surface area contributed by atoms with Crippen molar-refractivity contribution in [1.82, 2.24) is 9.97 Å². The first-order valence-corrected chi connectivity index (χ1v) is 9.04. The SMILES string of the molecule is O=[N+]([O-])c1ccc2nc(Nc3ccc(N4CCCCC4)nc3)sc2c1. The van der Waals surface area contributed by atoms with Crippen LogP contribution in [0.5, 0.6) is 0 Å². The van der Waals surface area contributed by atoms with Crippen LogP contribution >= 0.6 is 11.3 Å². The van der Waals surface area contributed by atoms with Crippen LogP contribution in [0.15, 0.2) is 36.5 Å². The van der Waals surface area contributed by atoms with Gasteiger partial charge >= 0.3 is 0 Å². The minimum Gasteiger partial charge on any atom is -0.357 e. The first-order valence-electron chi connectivity index (χ1n) is 8.22. The van der Waals surface area contributed by atoms with Gasteiger partial charge in [0.15, 0.2) is 5.13 Å². The summed E-state index contributed by atoms with van der Waals surface area (Å²) in [7, 11) is 0. The van der Waals surface area contributed by atoms with E-state index in [4.69, 9.17) is 0 Å². The Hall–Kier alpha value is -2.74. The lowest BCUT2D eigenvalue weighted by Gasteiger charge is -2.27. The molecule has 8 heteroatoms. The molecule has 0 unspecified atom stereocenters. The van der Waals surface area contributed by atoms with E-state index < -0.39 is 4.92 Å². The first kappa shape index (κ1) is 15.8. The standard InChI is InChI=1S/C17H17N5O2S/c23-22(24)13-5-6-14-15(10-13)25-17(20-14)19-12-4-7-16(18-11-12)21-8-2-1-3-9-21/h4-7,10-11H,1-3,8-9H2,(H,19,20). The third-order valence-electron chi connectivity index (χ3n) is 4.26. The Labute approximate surface area is 148 Å². The lowest BCUT2D eigenvalue weighted by atomic mass is 10.1. The van der Waals surface area contributed by atoms with Gasteiger partial charge in [0.2, 0.25) is 0 Å². The Morgan fingerprint density at radius 1 is 1.16 bits per heavy atom. The van der Waals surface area contributed by atoms with Gasteiger partial charge in [-0.1, -0.05) is 11.3 Å². The number of non-ortho nitro benzene ring substituents is 1. The summed E-state index contributed by atoms with van der Waals surface area (Å²) in [5.41, 5.74) is 1.68. The fourth-order valence-electron chi connectivity index (χ4n) is 2.97. The molecule has 25 heavy (non-hydrogen) atoms. The summed E-state index contributed by atoms with van der Waals surface area (Å²) in [6, 6.07) is 8.71. The van der Waals surface area contributed by atoms with Crippen LogP contribution in [-0.4, -0.2) is 28.0 Å². The third kappa shape index (κ3) is 3.39. The fourth-order valence-corrected chi connectivity index (χ4v) is 3.89. The molecule has 0 spiro atoms. The summed E-state index contributed by atoms with van der Waals surface area (Å²) >= 11 is 1.39. The van der Waals surface area contributed by atoms with Crippen LogP contribution in [0.25, 0.3) is 10.2 Å². The number of nitrogens with zero attached hydrogens (tertiary/aromatic N) is 4. The number of piperidine rings is 1. The summed E-state index contributed by atoms with van der Waals surface area (Å²) in [6.45, 7) is 2.13. The number of fused-ring (bicyclic) bond motifs is 1. The van der Waals surface area contributed by atoms with Gasteiger partial charge in [-0.05, 0) is 37.5 Å². The second-order valence-electron chi connectivity index (χ2n) is 6.01. The molecule has 0 bridgehead atoms. The van der Waals surface area contributed by atoms with Crippen LogP contribution in [-0.2, 0) is 0 Å². The monoisotopic (exact) mass is 355 g/mol. The minimum atomic E-state index is -0.393. The smallest absolute Gasteiger partial charge is 0.270 e. The zero-order valence-electron chi connectivity index (χ0n) is 13.5. The Bertz CT molecular complexity index is 903. The largest absolute Gasteiger partial charge is 0.357 e. The molecule has 0 radical (unpaired) electrons. The van der Waals surface area contributed by atoms with E-state index in [1.807, 2.05) is 12.1 Å². The van der Waals surface area contributed by atoms with Crippen molar-refractivity contribution in [3.63, 3.8) is 0 Å². The van der Waals surface area contributed by atoms with Gasteiger partial charge < -0.3 is 10.2 Å². The quantitative estimate of drug-likeness (QED) is 0.554. The maximum absolute atomic E-state index is 10.9. The van der Waals surface area contributed by atoms with Crippen molar-refractivity contribution in [2.45, 2.75) is 19.3 Å². The molecule has 1 saturated heterocycles. The average Bonchev–Trinajstić information content (AvgIpc) is 3.04. The molecular formula is C17H17N5O2S. The maximum atomic E-state index is 10.9. The molecule has 128 valence electrons. The molecule has 0 amide bonds. The van der Waals surface area contributed by atoms with E-state index in [1.165, 1.54) is 36.7 Å². The number of aromatic nitrogens is 2. The molecule has 1 N–H and O–H groups in total. The zero-order valence-corrected chi connectivity index (χ0v) is 14.3. The summed E-state index contributed by atoms with van der Waals surface area (Å²) in [5, 5.41) is 14.8. The van der Waals surface area contributed by atoms with Crippen LogP contribution in [0.4, 0.5) is 22.3 Å². The van der Waals surface area contributed by atoms with Crippen molar-refractivity contribution >= 4 is 43.9 Å². The highest BCUT2D eigenvalue weighted by Gasteiger charge is 2.13. The molecule has 3 heterocycles. The number of pyridine rings is 1. The molecule has 0 saturated carbocycles. The summed E-state index contributed by atoms with van der Waals surface area (Å²) < 4.78 is 0.787. The van der Waals surface area contributed by atoms with Crippen LogP contribution in [0.1, 0.15) is 19.3 Å². The Morgan fingerprint density at radius 2 is 2.00 bits per heavy atom. The predicted octanol–water partition coefficient (Wildman–Crippen LogP) is 4.33. The number of benzene rings is 1. The number of hydrogen-bond donors (Lipinski definition) is 1. The van der Waals surface area contributed by atoms with Gasteiger partial charge in [0.1, 0.15) is 5.82 Å². The van der Waals surface area contributed by atoms with E-state index in [1.54, 1.807) is 18.3 Å². The molecule has 0 atom stereocenters. The highest BCUT2D eigenvalue weighted by Crippen LogP contribution is 2.31. The number of nitrogens with one attached hydrogen (secondary N) is 1. The van der Waals surface area contributed by atoms with E-state index >= 15 is 0 Å². The van der Waals surface area contributed by atoms with Crippen molar-refractivity contribution in [2.75, 3.05) is 23.3 Å². The van der Waals surface area contributed by atoms with Crippen LogP contribution in [0.3, 0.4) is 0 Å². The molecule has 7 nitrogen and oxygen atoms in total. The maximum Gasteiger partial charge on any atom is 0.270 e. The van der Waals surface area contributed by atoms with Gasteiger partial charge in [-0.15, -0.1) is 0 Å². The number of thiazole rings is 1. The van der Waals surface area contributed by atoms with Gasteiger partial charge in [-0.2, -0.15) is 0 Å². The molecular weight excluding hydrogens is 338 g/mol. The molecule has 1 fully saturated rings. The number of rotatable bonds is 4. The Kier molecular flexibility index (Phi) is 4.19. The normalized spacial score (nSPS) is 14.6. The Balaban J connectivity index is 1.51. The second-order valence-corrected chi connectivity index (χ2v) is 7.04. The Morgan fingerprint density at radius 3 is 2.72 bits per heavy atom. The molecule has 0 aliphatic carbocycles. The lowest BCUT2D eigenvalue weighted by Crippen LogP contribution is -2.29.